The van der Waals surface area contributed by atoms with Crippen LogP contribution in [0.15, 0.2) is 24.3 Å². The van der Waals surface area contributed by atoms with Gasteiger partial charge in [-0.05, 0) is 18.2 Å². The van der Waals surface area contributed by atoms with E-state index in [1.54, 1.807) is 22.8 Å². The SMILES string of the molecule is O=C(O)c1cccc2nc3n(c12)C=CCOC3. The van der Waals surface area contributed by atoms with Gasteiger partial charge in [0.05, 0.1) is 23.2 Å². The molecule has 0 unspecified atom stereocenters. The summed E-state index contributed by atoms with van der Waals surface area (Å²) in [5.41, 5.74) is 1.56. The second-order valence-electron chi connectivity index (χ2n) is 3.78. The van der Waals surface area contributed by atoms with Gasteiger partial charge in [0.2, 0.25) is 0 Å². The molecule has 0 atom stereocenters. The van der Waals surface area contributed by atoms with Crippen molar-refractivity contribution in [3.05, 3.63) is 35.7 Å². The second-order valence-corrected chi connectivity index (χ2v) is 3.78. The minimum absolute atomic E-state index is 0.257. The first-order valence-electron chi connectivity index (χ1n) is 5.25. The predicted molar refractivity (Wildman–Crippen MR) is 61.7 cm³/mol. The maximum atomic E-state index is 11.2. The number of hydrogen-bond acceptors (Lipinski definition) is 3. The van der Waals surface area contributed by atoms with Gasteiger partial charge < -0.3 is 14.4 Å². The second kappa shape index (κ2) is 3.71. The largest absolute Gasteiger partial charge is 0.478 e. The van der Waals surface area contributed by atoms with Crippen LogP contribution in [-0.2, 0) is 11.3 Å². The van der Waals surface area contributed by atoms with Crippen LogP contribution in [0.2, 0.25) is 0 Å². The van der Waals surface area contributed by atoms with Crippen LogP contribution in [0, 0.1) is 0 Å². The van der Waals surface area contributed by atoms with Crippen molar-refractivity contribution < 1.29 is 14.6 Å². The summed E-state index contributed by atoms with van der Waals surface area (Å²) < 4.78 is 7.12. The quantitative estimate of drug-likeness (QED) is 0.810. The molecule has 0 fully saturated rings. The summed E-state index contributed by atoms with van der Waals surface area (Å²) in [5, 5.41) is 9.18. The summed E-state index contributed by atoms with van der Waals surface area (Å²) in [6, 6.07) is 5.08. The van der Waals surface area contributed by atoms with Crippen LogP contribution < -0.4 is 0 Å². The van der Waals surface area contributed by atoms with Gasteiger partial charge in [0.25, 0.3) is 0 Å². The number of imidazole rings is 1. The lowest BCUT2D eigenvalue weighted by molar-refractivity contribution is 0.0698. The number of carboxylic acid groups (broad SMARTS) is 1. The standard InChI is InChI=1S/C12H10N2O3/c15-12(16)8-3-1-4-9-11(8)14-5-2-6-17-7-10(14)13-9/h1-5H,6-7H2,(H,15,16). The van der Waals surface area contributed by atoms with Crippen LogP contribution in [-0.4, -0.2) is 27.2 Å². The van der Waals surface area contributed by atoms with Crippen molar-refractivity contribution in [2.45, 2.75) is 6.61 Å². The summed E-state index contributed by atoms with van der Waals surface area (Å²) in [7, 11) is 0. The molecule has 1 N–H and O–H groups in total. The minimum atomic E-state index is -0.947. The van der Waals surface area contributed by atoms with E-state index in [4.69, 9.17) is 4.74 Å². The lowest BCUT2D eigenvalue weighted by atomic mass is 10.2. The van der Waals surface area contributed by atoms with Gasteiger partial charge in [0, 0.05) is 6.20 Å². The molecule has 0 amide bonds. The Bertz CT molecular complexity index is 628. The zero-order valence-electron chi connectivity index (χ0n) is 8.96. The molecule has 86 valence electrons. The van der Waals surface area contributed by atoms with Gasteiger partial charge in [-0.1, -0.05) is 6.07 Å². The summed E-state index contributed by atoms with van der Waals surface area (Å²) in [6.07, 6.45) is 3.65. The van der Waals surface area contributed by atoms with Crippen LogP contribution in [0.1, 0.15) is 16.2 Å². The van der Waals surface area contributed by atoms with Crippen molar-refractivity contribution in [1.82, 2.24) is 9.55 Å². The van der Waals surface area contributed by atoms with Gasteiger partial charge in [0.1, 0.15) is 12.4 Å². The third-order valence-corrected chi connectivity index (χ3v) is 2.71. The van der Waals surface area contributed by atoms with Gasteiger partial charge >= 0.3 is 5.97 Å². The van der Waals surface area contributed by atoms with E-state index in [1.165, 1.54) is 0 Å². The lowest BCUT2D eigenvalue weighted by Crippen LogP contribution is -2.01. The highest BCUT2D eigenvalue weighted by molar-refractivity contribution is 6.01. The average Bonchev–Trinajstić information content (AvgIpc) is 2.52. The van der Waals surface area contributed by atoms with Crippen molar-refractivity contribution in [1.29, 1.82) is 0 Å². The van der Waals surface area contributed by atoms with Gasteiger partial charge in [-0.15, -0.1) is 0 Å². The van der Waals surface area contributed by atoms with Crippen LogP contribution in [0.3, 0.4) is 0 Å². The normalized spacial score (nSPS) is 14.6. The van der Waals surface area contributed by atoms with Crippen LogP contribution >= 0.6 is 0 Å². The Kier molecular flexibility index (Phi) is 2.19. The number of hydrogen-bond donors (Lipinski definition) is 1. The number of para-hydroxylation sites is 1. The molecule has 1 aliphatic rings. The number of rotatable bonds is 1. The van der Waals surface area contributed by atoms with Gasteiger partial charge in [-0.3, -0.25) is 0 Å². The molecule has 3 rings (SSSR count). The molecule has 5 heteroatoms. The number of carbonyl (C=O) groups is 1. The van der Waals surface area contributed by atoms with Crippen LogP contribution in [0.25, 0.3) is 17.2 Å². The topological polar surface area (TPSA) is 64.3 Å². The smallest absolute Gasteiger partial charge is 0.337 e. The summed E-state index contributed by atoms with van der Waals surface area (Å²) in [5.74, 6) is -0.223. The average molecular weight is 230 g/mol. The Balaban J connectivity index is 2.38. The number of aromatic carboxylic acids is 1. The molecule has 17 heavy (non-hydrogen) atoms. The number of carboxylic acids is 1. The lowest BCUT2D eigenvalue weighted by Gasteiger charge is -2.02. The van der Waals surface area contributed by atoms with Crippen molar-refractivity contribution >= 4 is 23.2 Å². The highest BCUT2D eigenvalue weighted by Gasteiger charge is 2.17. The maximum Gasteiger partial charge on any atom is 0.337 e. The molecule has 2 heterocycles. The Labute approximate surface area is 97.0 Å². The molecule has 5 nitrogen and oxygen atoms in total. The number of aromatic nitrogens is 2. The predicted octanol–water partition coefficient (Wildman–Crippen LogP) is 1.74. The fraction of sp³-hybridized carbons (Fsp3) is 0.167. The molecule has 0 bridgehead atoms. The van der Waals surface area contributed by atoms with E-state index in [-0.39, 0.29) is 5.56 Å². The Hall–Kier alpha value is -2.14. The van der Waals surface area contributed by atoms with Gasteiger partial charge in [-0.25, -0.2) is 9.78 Å². The van der Waals surface area contributed by atoms with E-state index >= 15 is 0 Å². The van der Waals surface area contributed by atoms with Gasteiger partial charge in [0.15, 0.2) is 0 Å². The molecule has 0 saturated carbocycles. The van der Waals surface area contributed by atoms with E-state index in [1.807, 2.05) is 12.3 Å². The number of benzene rings is 1. The minimum Gasteiger partial charge on any atom is -0.478 e. The fourth-order valence-electron chi connectivity index (χ4n) is 2.00. The molecule has 0 saturated heterocycles. The molecule has 2 aromatic rings. The summed E-state index contributed by atoms with van der Waals surface area (Å²) >= 11 is 0. The Morgan fingerprint density at radius 1 is 1.47 bits per heavy atom. The van der Waals surface area contributed by atoms with E-state index in [9.17, 15) is 9.90 Å². The highest BCUT2D eigenvalue weighted by atomic mass is 16.5. The van der Waals surface area contributed by atoms with Crippen LogP contribution in [0.4, 0.5) is 0 Å². The van der Waals surface area contributed by atoms with E-state index in [2.05, 4.69) is 4.98 Å². The van der Waals surface area contributed by atoms with Crippen molar-refractivity contribution in [3.63, 3.8) is 0 Å². The van der Waals surface area contributed by atoms with Crippen molar-refractivity contribution in [3.8, 4) is 0 Å². The number of nitrogens with zero attached hydrogens (tertiary/aromatic N) is 2. The molecule has 0 aliphatic carbocycles. The number of ether oxygens (including phenoxy) is 1. The van der Waals surface area contributed by atoms with Gasteiger partial charge in [-0.2, -0.15) is 0 Å². The molecule has 1 aliphatic heterocycles. The van der Waals surface area contributed by atoms with Crippen molar-refractivity contribution in [2.24, 2.45) is 0 Å². The Morgan fingerprint density at radius 3 is 3.18 bits per heavy atom. The molecule has 0 spiro atoms. The highest BCUT2D eigenvalue weighted by Crippen LogP contribution is 2.22. The molecule has 1 aromatic carbocycles. The molecular formula is C12H10N2O3. The zero-order valence-corrected chi connectivity index (χ0v) is 8.96. The first kappa shape index (κ1) is 10.0. The molecule has 0 radical (unpaired) electrons. The third kappa shape index (κ3) is 1.52. The molecular weight excluding hydrogens is 220 g/mol. The van der Waals surface area contributed by atoms with E-state index in [0.717, 1.165) is 5.82 Å². The summed E-state index contributed by atoms with van der Waals surface area (Å²) in [4.78, 5) is 15.6. The maximum absolute atomic E-state index is 11.2. The molecule has 1 aromatic heterocycles. The summed E-state index contributed by atoms with van der Waals surface area (Å²) in [6.45, 7) is 0.904. The van der Waals surface area contributed by atoms with E-state index < -0.39 is 5.97 Å². The fourth-order valence-corrected chi connectivity index (χ4v) is 2.00. The third-order valence-electron chi connectivity index (χ3n) is 2.71. The van der Waals surface area contributed by atoms with Crippen molar-refractivity contribution in [2.75, 3.05) is 6.61 Å². The first-order valence-corrected chi connectivity index (χ1v) is 5.25. The number of fused-ring (bicyclic) bond motifs is 3. The zero-order chi connectivity index (χ0) is 11.8. The van der Waals surface area contributed by atoms with Crippen LogP contribution in [0.5, 0.6) is 0 Å². The monoisotopic (exact) mass is 230 g/mol. The van der Waals surface area contributed by atoms with E-state index in [0.29, 0.717) is 24.2 Å². The Morgan fingerprint density at radius 2 is 2.35 bits per heavy atom. The first-order chi connectivity index (χ1) is 8.27.